The van der Waals surface area contributed by atoms with E-state index in [0.29, 0.717) is 28.9 Å². The number of aromatic nitrogens is 2. The number of fused-ring (bicyclic) bond motifs is 2. The van der Waals surface area contributed by atoms with E-state index in [1.54, 1.807) is 6.07 Å². The number of phenolic OH excluding ortho intramolecular Hbond substituents is 1. The first-order chi connectivity index (χ1) is 15.6. The number of anilines is 2. The summed E-state index contributed by atoms with van der Waals surface area (Å²) in [6.45, 7) is 12.7. The number of nitrogens with two attached hydrogens (primary N) is 1. The van der Waals surface area contributed by atoms with Crippen molar-refractivity contribution < 1.29 is 5.11 Å². The molecule has 1 aliphatic carbocycles. The van der Waals surface area contributed by atoms with Gasteiger partial charge < -0.3 is 26.0 Å². The number of likely N-dealkylation sites (N-methyl/N-ethyl adjacent to an activating group) is 2. The molecule has 0 spiro atoms. The zero-order valence-corrected chi connectivity index (χ0v) is 20.1. The summed E-state index contributed by atoms with van der Waals surface area (Å²) in [6.07, 6.45) is 2.58. The summed E-state index contributed by atoms with van der Waals surface area (Å²) in [7, 11) is 2.02. The molecule has 0 amide bonds. The number of aromatic hydroxyl groups is 1. The average molecular weight is 441 g/mol. The van der Waals surface area contributed by atoms with E-state index >= 15 is 0 Å². The highest BCUT2D eigenvalue weighted by Crippen LogP contribution is 2.44. The second-order valence-electron chi connectivity index (χ2n) is 8.68. The van der Waals surface area contributed by atoms with Crippen LogP contribution in [0.15, 0.2) is 30.3 Å². The molecule has 2 heterocycles. The Kier molecular flexibility index (Phi) is 8.70. The van der Waals surface area contributed by atoms with Gasteiger partial charge in [0.25, 0.3) is 0 Å². The largest absolute Gasteiger partial charge is 0.507 e. The van der Waals surface area contributed by atoms with Gasteiger partial charge >= 0.3 is 0 Å². The summed E-state index contributed by atoms with van der Waals surface area (Å²) >= 11 is 0. The Morgan fingerprint density at radius 3 is 2.47 bits per heavy atom. The van der Waals surface area contributed by atoms with E-state index in [0.717, 1.165) is 44.3 Å². The SMILES string of the molecule is CC.CCN(CCNC)CC1C2CCC1CN(c1cc(-c3ccccc3O)nnc1N)C2. The van der Waals surface area contributed by atoms with Crippen LogP contribution < -0.4 is 16.0 Å². The summed E-state index contributed by atoms with van der Waals surface area (Å²) in [5, 5.41) is 21.9. The average Bonchev–Trinajstić information content (AvgIpc) is 3.04. The molecular formula is C25H40N6O. The van der Waals surface area contributed by atoms with E-state index in [9.17, 15) is 5.11 Å². The minimum atomic E-state index is 0.211. The van der Waals surface area contributed by atoms with Gasteiger partial charge in [0, 0.05) is 38.3 Å². The van der Waals surface area contributed by atoms with Gasteiger partial charge in [-0.3, -0.25) is 0 Å². The molecular weight excluding hydrogens is 400 g/mol. The van der Waals surface area contributed by atoms with Gasteiger partial charge in [0.15, 0.2) is 5.82 Å². The van der Waals surface area contributed by atoms with Crippen molar-refractivity contribution in [2.45, 2.75) is 33.6 Å². The number of hydrogen-bond donors (Lipinski definition) is 3. The van der Waals surface area contributed by atoms with Crippen molar-refractivity contribution in [3.63, 3.8) is 0 Å². The summed E-state index contributed by atoms with van der Waals surface area (Å²) in [6, 6.07) is 9.23. The van der Waals surface area contributed by atoms with E-state index in [1.807, 2.05) is 45.2 Å². The first-order valence-electron chi connectivity index (χ1n) is 12.1. The predicted molar refractivity (Wildman–Crippen MR) is 133 cm³/mol. The van der Waals surface area contributed by atoms with Crippen molar-refractivity contribution in [1.82, 2.24) is 20.4 Å². The van der Waals surface area contributed by atoms with Crippen molar-refractivity contribution in [2.24, 2.45) is 17.8 Å². The van der Waals surface area contributed by atoms with Crippen LogP contribution >= 0.6 is 0 Å². The Balaban J connectivity index is 0.00000141. The minimum absolute atomic E-state index is 0.211. The third kappa shape index (κ3) is 5.33. The van der Waals surface area contributed by atoms with Crippen LogP contribution in [0.3, 0.4) is 0 Å². The van der Waals surface area contributed by atoms with Gasteiger partial charge in [-0.05, 0) is 62.4 Å². The topological polar surface area (TPSA) is 90.5 Å². The van der Waals surface area contributed by atoms with Crippen molar-refractivity contribution in [2.75, 3.05) is 56.9 Å². The van der Waals surface area contributed by atoms with E-state index in [-0.39, 0.29) is 5.75 Å². The van der Waals surface area contributed by atoms with Gasteiger partial charge in [0.2, 0.25) is 0 Å². The summed E-state index contributed by atoms with van der Waals surface area (Å²) < 4.78 is 0. The van der Waals surface area contributed by atoms with Gasteiger partial charge in [-0.25, -0.2) is 0 Å². The Bertz CT molecular complexity index is 846. The molecule has 2 aliphatic rings. The standard InChI is InChI=1S/C23H34N6O.C2H6/c1-3-28(11-10-25-2)15-19-16-8-9-17(19)14-29(13-16)21-12-20(26-27-23(21)24)18-6-4-5-7-22(18)30;1-2/h4-7,12,16-17,19,25,30H,3,8-11,13-15H2,1-2H3,(H2,24,27);1-2H3. The number of benzene rings is 1. The zero-order valence-electron chi connectivity index (χ0n) is 20.1. The molecule has 7 heteroatoms. The van der Waals surface area contributed by atoms with Crippen LogP contribution in [0.2, 0.25) is 0 Å². The number of para-hydroxylation sites is 1. The van der Waals surface area contributed by atoms with Crippen LogP contribution in [-0.2, 0) is 0 Å². The first kappa shape index (κ1) is 24.3. The number of phenols is 1. The van der Waals surface area contributed by atoms with Gasteiger partial charge in [-0.2, -0.15) is 0 Å². The van der Waals surface area contributed by atoms with Crippen molar-refractivity contribution in [3.05, 3.63) is 30.3 Å². The van der Waals surface area contributed by atoms with Crippen LogP contribution in [0.1, 0.15) is 33.6 Å². The monoisotopic (exact) mass is 440 g/mol. The fraction of sp³-hybridized carbons (Fsp3) is 0.600. The number of rotatable bonds is 8. The summed E-state index contributed by atoms with van der Waals surface area (Å²) in [5.41, 5.74) is 8.54. The highest BCUT2D eigenvalue weighted by atomic mass is 16.3. The first-order valence-corrected chi connectivity index (χ1v) is 12.1. The van der Waals surface area contributed by atoms with Crippen LogP contribution in [0.25, 0.3) is 11.3 Å². The van der Waals surface area contributed by atoms with Gasteiger partial charge in [-0.1, -0.05) is 32.9 Å². The molecule has 1 aliphatic heterocycles. The molecule has 2 fully saturated rings. The fourth-order valence-electron chi connectivity index (χ4n) is 5.24. The molecule has 176 valence electrons. The maximum absolute atomic E-state index is 10.2. The fourth-order valence-corrected chi connectivity index (χ4v) is 5.24. The third-order valence-electron chi connectivity index (χ3n) is 6.95. The Hall–Kier alpha value is -2.38. The highest BCUT2D eigenvalue weighted by Gasteiger charge is 2.42. The van der Waals surface area contributed by atoms with Crippen LogP contribution in [0.4, 0.5) is 11.5 Å². The molecule has 4 rings (SSSR count). The molecule has 2 bridgehead atoms. The number of nitrogen functional groups attached to an aromatic ring is 1. The number of hydrogen-bond acceptors (Lipinski definition) is 7. The van der Waals surface area contributed by atoms with E-state index in [4.69, 9.17) is 5.73 Å². The lowest BCUT2D eigenvalue weighted by Crippen LogP contribution is -2.47. The molecule has 32 heavy (non-hydrogen) atoms. The smallest absolute Gasteiger partial charge is 0.169 e. The molecule has 0 radical (unpaired) electrons. The normalized spacial score (nSPS) is 22.0. The summed E-state index contributed by atoms with van der Waals surface area (Å²) in [4.78, 5) is 4.98. The number of piperidine rings is 1. The predicted octanol–water partition coefficient (Wildman–Crippen LogP) is 3.46. The van der Waals surface area contributed by atoms with Crippen molar-refractivity contribution in [1.29, 1.82) is 0 Å². The second-order valence-corrected chi connectivity index (χ2v) is 8.68. The summed E-state index contributed by atoms with van der Waals surface area (Å²) in [5.74, 6) is 2.81. The zero-order chi connectivity index (χ0) is 23.1. The second kappa shape index (κ2) is 11.5. The van der Waals surface area contributed by atoms with Gasteiger partial charge in [-0.15, -0.1) is 10.2 Å². The lowest BCUT2D eigenvalue weighted by Gasteiger charge is -2.41. The molecule has 1 aromatic heterocycles. The van der Waals surface area contributed by atoms with E-state index in [2.05, 4.69) is 32.2 Å². The Morgan fingerprint density at radius 1 is 1.16 bits per heavy atom. The highest BCUT2D eigenvalue weighted by molar-refractivity contribution is 5.74. The number of nitrogens with zero attached hydrogens (tertiary/aromatic N) is 4. The quantitative estimate of drug-likeness (QED) is 0.579. The van der Waals surface area contributed by atoms with E-state index < -0.39 is 0 Å². The van der Waals surface area contributed by atoms with Gasteiger partial charge in [0.05, 0.1) is 11.4 Å². The lowest BCUT2D eigenvalue weighted by atomic mass is 9.84. The van der Waals surface area contributed by atoms with Crippen molar-refractivity contribution in [3.8, 4) is 17.0 Å². The van der Waals surface area contributed by atoms with Crippen LogP contribution in [0.5, 0.6) is 5.75 Å². The molecule has 1 saturated heterocycles. The van der Waals surface area contributed by atoms with Crippen LogP contribution in [0, 0.1) is 17.8 Å². The molecule has 4 N–H and O–H groups in total. The maximum Gasteiger partial charge on any atom is 0.169 e. The minimum Gasteiger partial charge on any atom is -0.507 e. The molecule has 1 aromatic carbocycles. The maximum atomic E-state index is 10.2. The third-order valence-corrected chi connectivity index (χ3v) is 6.95. The molecule has 2 atom stereocenters. The molecule has 1 saturated carbocycles. The molecule has 2 aromatic rings. The van der Waals surface area contributed by atoms with Gasteiger partial charge in [0.1, 0.15) is 5.75 Å². The van der Waals surface area contributed by atoms with Crippen molar-refractivity contribution >= 4 is 11.5 Å². The Labute approximate surface area is 193 Å². The lowest BCUT2D eigenvalue weighted by molar-refractivity contribution is 0.169. The van der Waals surface area contributed by atoms with E-state index in [1.165, 1.54) is 19.4 Å². The van der Waals surface area contributed by atoms with Crippen LogP contribution in [-0.4, -0.2) is 66.5 Å². The number of nitrogens with one attached hydrogen (secondary N) is 1. The Morgan fingerprint density at radius 2 is 1.84 bits per heavy atom. The molecule has 2 unspecified atom stereocenters. The molecule has 7 nitrogen and oxygen atoms in total.